The van der Waals surface area contributed by atoms with E-state index in [0.29, 0.717) is 44.0 Å². The Morgan fingerprint density at radius 2 is 1.71 bits per heavy atom. The number of para-hydroxylation sites is 1. The molecule has 1 aliphatic heterocycles. The quantitative estimate of drug-likeness (QED) is 0.395. The first-order chi connectivity index (χ1) is 15.3. The van der Waals surface area contributed by atoms with Crippen molar-refractivity contribution in [3.05, 3.63) is 42.2 Å². The van der Waals surface area contributed by atoms with E-state index < -0.39 is 34.1 Å². The third-order valence-electron chi connectivity index (χ3n) is 5.98. The molecule has 15 heteroatoms. The summed E-state index contributed by atoms with van der Waals surface area (Å²) in [4.78, 5) is 14.3. The third-order valence-corrected chi connectivity index (χ3v) is 7.59. The van der Waals surface area contributed by atoms with Crippen LogP contribution in [0.3, 0.4) is 0 Å². The van der Waals surface area contributed by atoms with E-state index in [1.165, 1.54) is 0 Å². The van der Waals surface area contributed by atoms with Crippen molar-refractivity contribution in [3.63, 3.8) is 0 Å². The molecule has 4 N–H and O–H groups in total. The summed E-state index contributed by atoms with van der Waals surface area (Å²) in [5.74, 6) is 0.000647. The number of halogens is 3. The van der Waals surface area contributed by atoms with Crippen LogP contribution in [-0.4, -0.2) is 87.4 Å². The molecule has 2 amide bonds. The van der Waals surface area contributed by atoms with Crippen LogP contribution in [0.4, 0.5) is 10.5 Å². The Labute approximate surface area is 222 Å². The van der Waals surface area contributed by atoms with Gasteiger partial charge in [-0.05, 0) is 18.6 Å². The summed E-state index contributed by atoms with van der Waals surface area (Å²) in [6.45, 7) is 1.80. The van der Waals surface area contributed by atoms with Crippen molar-refractivity contribution in [2.24, 2.45) is 5.92 Å². The molecule has 1 saturated carbocycles. The lowest BCUT2D eigenvalue weighted by atomic mass is 10.1. The number of urea groups is 1. The lowest BCUT2D eigenvalue weighted by molar-refractivity contribution is 0.00878. The molecule has 0 bridgehead atoms. The number of aromatic nitrogens is 3. The summed E-state index contributed by atoms with van der Waals surface area (Å²) in [6, 6.07) is 7.94. The fraction of sp³-hybridized carbons (Fsp3) is 0.550. The Balaban J connectivity index is 0.00000204. The van der Waals surface area contributed by atoms with Crippen LogP contribution in [0.1, 0.15) is 12.1 Å². The fourth-order valence-electron chi connectivity index (χ4n) is 4.18. The number of sulfone groups is 1. The number of benzene rings is 1. The number of carbonyl (C=O) groups is 1. The first-order valence-electron chi connectivity index (χ1n) is 10.6. The minimum absolute atomic E-state index is 0. The minimum atomic E-state index is -2.93. The molecule has 1 saturated heterocycles. The maximum absolute atomic E-state index is 12.2. The highest BCUT2D eigenvalue weighted by atomic mass is 35.5. The zero-order chi connectivity index (χ0) is 22.7. The molecule has 4 atom stereocenters. The largest absolute Gasteiger partial charge is 0.390 e. The molecule has 198 valence electrons. The van der Waals surface area contributed by atoms with Gasteiger partial charge >= 0.3 is 6.03 Å². The molecule has 0 spiro atoms. The standard InChI is InChI=1S/C20H28N6O5S.3ClH/c27-18-14(10-17(19(18)28)22-20(29)21-15-4-2-1-3-5-15)11-26-13-16(23-24-26)12-25-6-8-32(30,31)9-7-25;;;/h1-5,13-14,17-19,27-28H,6-12H2,(H2,21,22,29);3*1H/t14-,17-,18-,19+;;;/m1.../s1. The number of nitrogens with one attached hydrogen (secondary N) is 2. The number of aliphatic hydroxyl groups excluding tert-OH is 2. The lowest BCUT2D eigenvalue weighted by Crippen LogP contribution is -2.44. The number of hydrogen-bond donors (Lipinski definition) is 4. The van der Waals surface area contributed by atoms with E-state index in [9.17, 15) is 23.4 Å². The Morgan fingerprint density at radius 1 is 1.06 bits per heavy atom. The van der Waals surface area contributed by atoms with Gasteiger partial charge in [-0.25, -0.2) is 13.2 Å². The van der Waals surface area contributed by atoms with Crippen LogP contribution < -0.4 is 10.6 Å². The van der Waals surface area contributed by atoms with Gasteiger partial charge in [0.25, 0.3) is 0 Å². The van der Waals surface area contributed by atoms with E-state index >= 15 is 0 Å². The second kappa shape index (κ2) is 13.6. The lowest BCUT2D eigenvalue weighted by Gasteiger charge is -2.25. The summed E-state index contributed by atoms with van der Waals surface area (Å²) in [6.07, 6.45) is 0.0752. The van der Waals surface area contributed by atoms with Gasteiger partial charge in [-0.3, -0.25) is 9.58 Å². The monoisotopic (exact) mass is 572 g/mol. The minimum Gasteiger partial charge on any atom is -0.390 e. The average Bonchev–Trinajstić information content (AvgIpc) is 3.30. The Kier molecular flexibility index (Phi) is 12.2. The molecule has 2 aromatic rings. The number of anilines is 1. The summed E-state index contributed by atoms with van der Waals surface area (Å²) in [7, 11) is -2.93. The highest BCUT2D eigenvalue weighted by molar-refractivity contribution is 7.91. The van der Waals surface area contributed by atoms with Crippen molar-refractivity contribution >= 4 is 58.8 Å². The highest BCUT2D eigenvalue weighted by Crippen LogP contribution is 2.28. The van der Waals surface area contributed by atoms with E-state index in [1.807, 2.05) is 11.0 Å². The molecule has 1 aromatic carbocycles. The van der Waals surface area contributed by atoms with Gasteiger partial charge in [0.1, 0.15) is 6.10 Å². The van der Waals surface area contributed by atoms with Crippen LogP contribution in [0.5, 0.6) is 0 Å². The molecule has 0 unspecified atom stereocenters. The molecule has 4 rings (SSSR count). The predicted molar refractivity (Wildman–Crippen MR) is 138 cm³/mol. The SMILES string of the molecule is Cl.Cl.Cl.O=C(Nc1ccccc1)N[C@@H]1C[C@H](Cn2cc(CN3CCS(=O)(=O)CC3)nn2)[C@@H](O)[C@H]1O. The van der Waals surface area contributed by atoms with Gasteiger partial charge in [0.05, 0.1) is 29.3 Å². The molecule has 0 radical (unpaired) electrons. The maximum atomic E-state index is 12.2. The van der Waals surface area contributed by atoms with E-state index in [4.69, 9.17) is 0 Å². The summed E-state index contributed by atoms with van der Waals surface area (Å²) >= 11 is 0. The summed E-state index contributed by atoms with van der Waals surface area (Å²) in [5, 5.41) is 34.5. The van der Waals surface area contributed by atoms with Gasteiger partial charge < -0.3 is 20.8 Å². The number of hydrogen-bond acceptors (Lipinski definition) is 8. The molecule has 2 heterocycles. The van der Waals surface area contributed by atoms with Crippen molar-refractivity contribution < 1.29 is 23.4 Å². The zero-order valence-corrected chi connectivity index (χ0v) is 22.0. The first kappa shape index (κ1) is 31.4. The molecule has 2 fully saturated rings. The topological polar surface area (TPSA) is 150 Å². The summed E-state index contributed by atoms with van der Waals surface area (Å²) in [5.41, 5.74) is 1.35. The van der Waals surface area contributed by atoms with Gasteiger partial charge in [0.15, 0.2) is 9.84 Å². The number of aliphatic hydroxyl groups is 2. The number of amides is 2. The van der Waals surface area contributed by atoms with Crippen molar-refractivity contribution in [1.29, 1.82) is 0 Å². The van der Waals surface area contributed by atoms with E-state index in [2.05, 4.69) is 20.9 Å². The molecule has 2 aliphatic rings. The van der Waals surface area contributed by atoms with Crippen LogP contribution in [0.15, 0.2) is 36.5 Å². The number of carbonyl (C=O) groups excluding carboxylic acids is 1. The molecule has 1 aliphatic carbocycles. The van der Waals surface area contributed by atoms with Crippen LogP contribution in [-0.2, 0) is 22.9 Å². The van der Waals surface area contributed by atoms with Gasteiger partial charge in [0.2, 0.25) is 0 Å². The van der Waals surface area contributed by atoms with Crippen molar-refractivity contribution in [1.82, 2.24) is 25.2 Å². The van der Waals surface area contributed by atoms with Crippen LogP contribution in [0, 0.1) is 5.92 Å². The molecule has 35 heavy (non-hydrogen) atoms. The fourth-order valence-corrected chi connectivity index (χ4v) is 5.46. The molecule has 1 aromatic heterocycles. The van der Waals surface area contributed by atoms with Crippen LogP contribution >= 0.6 is 37.2 Å². The normalized spacial score (nSPS) is 25.4. The van der Waals surface area contributed by atoms with E-state index in [-0.39, 0.29) is 54.6 Å². The van der Waals surface area contributed by atoms with Crippen LogP contribution in [0.2, 0.25) is 0 Å². The summed E-state index contributed by atoms with van der Waals surface area (Å²) < 4.78 is 24.7. The van der Waals surface area contributed by atoms with Gasteiger partial charge in [-0.2, -0.15) is 0 Å². The smallest absolute Gasteiger partial charge is 0.319 e. The second-order valence-corrected chi connectivity index (χ2v) is 10.7. The maximum Gasteiger partial charge on any atom is 0.319 e. The van der Waals surface area contributed by atoms with Crippen LogP contribution in [0.25, 0.3) is 0 Å². The Morgan fingerprint density at radius 3 is 2.37 bits per heavy atom. The number of rotatable bonds is 6. The third kappa shape index (κ3) is 8.45. The molecule has 11 nitrogen and oxygen atoms in total. The average molecular weight is 574 g/mol. The van der Waals surface area contributed by atoms with Gasteiger partial charge in [-0.1, -0.05) is 23.4 Å². The molecular weight excluding hydrogens is 543 g/mol. The zero-order valence-electron chi connectivity index (χ0n) is 18.8. The van der Waals surface area contributed by atoms with Gasteiger partial charge in [0, 0.05) is 44.0 Å². The van der Waals surface area contributed by atoms with Crippen molar-refractivity contribution in [2.75, 3.05) is 29.9 Å². The Hall–Kier alpha value is -1.67. The van der Waals surface area contributed by atoms with E-state index in [0.717, 1.165) is 0 Å². The van der Waals surface area contributed by atoms with Crippen molar-refractivity contribution in [3.8, 4) is 0 Å². The second-order valence-electron chi connectivity index (χ2n) is 8.41. The number of nitrogens with zero attached hydrogens (tertiary/aromatic N) is 4. The van der Waals surface area contributed by atoms with Crippen molar-refractivity contribution in [2.45, 2.75) is 37.8 Å². The highest BCUT2D eigenvalue weighted by Gasteiger charge is 2.42. The molecular formula is C20H31Cl3N6O5S. The first-order valence-corrected chi connectivity index (χ1v) is 12.4. The van der Waals surface area contributed by atoms with E-state index in [1.54, 1.807) is 35.1 Å². The Bertz CT molecular complexity index is 1030. The van der Waals surface area contributed by atoms with Gasteiger partial charge in [-0.15, -0.1) is 42.3 Å². The predicted octanol–water partition coefficient (Wildman–Crippen LogP) is 0.706.